The molecule has 2 rings (SSSR count). The van der Waals surface area contributed by atoms with Crippen molar-refractivity contribution in [1.82, 2.24) is 10.2 Å². The lowest BCUT2D eigenvalue weighted by Gasteiger charge is -2.22. The molecule has 8 nitrogen and oxygen atoms in total. The van der Waals surface area contributed by atoms with Crippen molar-refractivity contribution in [1.29, 1.82) is 0 Å². The molecule has 0 bridgehead atoms. The second-order valence-electron chi connectivity index (χ2n) is 5.94. The lowest BCUT2D eigenvalue weighted by atomic mass is 9.93. The summed E-state index contributed by atoms with van der Waals surface area (Å²) in [7, 11) is 0. The molecule has 1 aliphatic heterocycles. The van der Waals surface area contributed by atoms with E-state index in [0.717, 1.165) is 23.1 Å². The zero-order valence-electron chi connectivity index (χ0n) is 14.8. The summed E-state index contributed by atoms with van der Waals surface area (Å²) in [5.74, 6) is -4.04. The fourth-order valence-electron chi connectivity index (χ4n) is 2.65. The van der Waals surface area contributed by atoms with Crippen LogP contribution in [0.4, 0.5) is 19.3 Å². The van der Waals surface area contributed by atoms with Crippen LogP contribution in [0.5, 0.6) is 0 Å². The van der Waals surface area contributed by atoms with Gasteiger partial charge in [-0.05, 0) is 25.0 Å². The topological polar surface area (TPSA) is 105 Å². The van der Waals surface area contributed by atoms with Crippen LogP contribution in [0.15, 0.2) is 18.2 Å². The number of benzene rings is 1. The molecule has 0 radical (unpaired) electrons. The SMILES string of the molecule is CCC1(CC)NC(=O)N(CC(=O)OCC(=O)Nc2cc(F)ccc2F)C1=O. The number of rotatable bonds is 7. The Bertz CT molecular complexity index is 780. The number of urea groups is 1. The number of nitrogens with zero attached hydrogens (tertiary/aromatic N) is 1. The van der Waals surface area contributed by atoms with Gasteiger partial charge >= 0.3 is 12.0 Å². The third-order valence-electron chi connectivity index (χ3n) is 4.31. The molecule has 1 aliphatic rings. The Kier molecular flexibility index (Phi) is 6.09. The number of ether oxygens (including phenoxy) is 1. The molecule has 0 aliphatic carbocycles. The average Bonchev–Trinajstić information content (AvgIpc) is 2.87. The summed E-state index contributed by atoms with van der Waals surface area (Å²) in [6.45, 7) is 2.03. The van der Waals surface area contributed by atoms with Gasteiger partial charge in [0.25, 0.3) is 11.8 Å². The van der Waals surface area contributed by atoms with Crippen molar-refractivity contribution in [2.24, 2.45) is 0 Å². The number of esters is 1. The molecule has 1 heterocycles. The molecule has 1 fully saturated rings. The normalized spacial score (nSPS) is 15.5. The molecule has 4 amide bonds. The van der Waals surface area contributed by atoms with Crippen molar-refractivity contribution in [3.8, 4) is 0 Å². The zero-order chi connectivity index (χ0) is 20.2. The van der Waals surface area contributed by atoms with Crippen LogP contribution in [0.25, 0.3) is 0 Å². The Morgan fingerprint density at radius 3 is 2.48 bits per heavy atom. The van der Waals surface area contributed by atoms with Gasteiger partial charge in [0.1, 0.15) is 23.7 Å². The maximum atomic E-state index is 13.4. The number of hydrogen-bond acceptors (Lipinski definition) is 5. The number of nitrogens with one attached hydrogen (secondary N) is 2. The van der Waals surface area contributed by atoms with E-state index >= 15 is 0 Å². The summed E-state index contributed by atoms with van der Waals surface area (Å²) < 4.78 is 31.2. The van der Waals surface area contributed by atoms with Gasteiger partial charge in [0, 0.05) is 6.07 Å². The van der Waals surface area contributed by atoms with Crippen LogP contribution >= 0.6 is 0 Å². The molecular weight excluding hydrogens is 364 g/mol. The Balaban J connectivity index is 1.89. The maximum absolute atomic E-state index is 13.4. The van der Waals surface area contributed by atoms with Gasteiger partial charge in [-0.2, -0.15) is 0 Å². The Hall–Kier alpha value is -3.04. The number of carbonyl (C=O) groups is 4. The molecular formula is C17H19F2N3O5. The first kappa shape index (κ1) is 20.3. The minimum atomic E-state index is -1.05. The van der Waals surface area contributed by atoms with Crippen LogP contribution < -0.4 is 10.6 Å². The number of hydrogen-bond donors (Lipinski definition) is 2. The molecule has 10 heteroatoms. The molecule has 146 valence electrons. The van der Waals surface area contributed by atoms with E-state index in [2.05, 4.69) is 10.6 Å². The lowest BCUT2D eigenvalue weighted by molar-refractivity contribution is -0.150. The van der Waals surface area contributed by atoms with Crippen LogP contribution in [0.1, 0.15) is 26.7 Å². The van der Waals surface area contributed by atoms with E-state index in [4.69, 9.17) is 4.74 Å². The van der Waals surface area contributed by atoms with Crippen LogP contribution in [0.3, 0.4) is 0 Å². The highest BCUT2D eigenvalue weighted by Crippen LogP contribution is 2.24. The smallest absolute Gasteiger partial charge is 0.326 e. The minimum absolute atomic E-state index is 0.362. The molecule has 1 aromatic carbocycles. The van der Waals surface area contributed by atoms with E-state index in [0.29, 0.717) is 12.8 Å². The first-order valence-corrected chi connectivity index (χ1v) is 8.27. The van der Waals surface area contributed by atoms with E-state index in [1.807, 2.05) is 0 Å². The molecule has 0 unspecified atom stereocenters. The summed E-state index contributed by atoms with van der Waals surface area (Å²) >= 11 is 0. The molecule has 0 aromatic heterocycles. The predicted octanol–water partition coefficient (Wildman–Crippen LogP) is 1.56. The molecule has 0 spiro atoms. The van der Waals surface area contributed by atoms with Gasteiger partial charge in [0.2, 0.25) is 0 Å². The standard InChI is InChI=1S/C17H19F2N3O5/c1-3-17(4-2)15(25)22(16(26)21-17)8-14(24)27-9-13(23)20-12-7-10(18)5-6-11(12)19/h5-7H,3-4,8-9H2,1-2H3,(H,20,23)(H,21,26). The van der Waals surface area contributed by atoms with Crippen molar-refractivity contribution in [3.05, 3.63) is 29.8 Å². The highest BCUT2D eigenvalue weighted by Gasteiger charge is 2.49. The van der Waals surface area contributed by atoms with Crippen molar-refractivity contribution in [2.45, 2.75) is 32.2 Å². The predicted molar refractivity (Wildman–Crippen MR) is 89.5 cm³/mol. The molecule has 1 saturated heterocycles. The third-order valence-corrected chi connectivity index (χ3v) is 4.31. The summed E-state index contributed by atoms with van der Waals surface area (Å²) in [6.07, 6.45) is 0.725. The fourth-order valence-corrected chi connectivity index (χ4v) is 2.65. The Morgan fingerprint density at radius 2 is 1.89 bits per heavy atom. The average molecular weight is 383 g/mol. The van der Waals surface area contributed by atoms with Gasteiger partial charge in [0.05, 0.1) is 5.69 Å². The van der Waals surface area contributed by atoms with Crippen LogP contribution in [0.2, 0.25) is 0 Å². The maximum Gasteiger partial charge on any atom is 0.326 e. The van der Waals surface area contributed by atoms with Crippen molar-refractivity contribution in [2.75, 3.05) is 18.5 Å². The minimum Gasteiger partial charge on any atom is -0.454 e. The molecule has 27 heavy (non-hydrogen) atoms. The summed E-state index contributed by atoms with van der Waals surface area (Å²) in [5.41, 5.74) is -1.45. The molecule has 1 aromatic rings. The Labute approximate surface area is 153 Å². The van der Waals surface area contributed by atoms with Crippen molar-refractivity contribution in [3.63, 3.8) is 0 Å². The van der Waals surface area contributed by atoms with Crippen LogP contribution in [-0.2, 0) is 19.1 Å². The fraction of sp³-hybridized carbons (Fsp3) is 0.412. The van der Waals surface area contributed by atoms with E-state index in [-0.39, 0.29) is 0 Å². The quantitative estimate of drug-likeness (QED) is 0.549. The van der Waals surface area contributed by atoms with E-state index in [1.165, 1.54) is 0 Å². The summed E-state index contributed by atoms with van der Waals surface area (Å²) in [4.78, 5) is 48.6. The van der Waals surface area contributed by atoms with Crippen molar-refractivity contribution >= 4 is 29.5 Å². The largest absolute Gasteiger partial charge is 0.454 e. The zero-order valence-corrected chi connectivity index (χ0v) is 14.8. The highest BCUT2D eigenvalue weighted by molar-refractivity contribution is 6.08. The third kappa shape index (κ3) is 4.39. The van der Waals surface area contributed by atoms with Gasteiger partial charge in [-0.3, -0.25) is 19.3 Å². The first-order chi connectivity index (χ1) is 12.7. The number of anilines is 1. The van der Waals surface area contributed by atoms with E-state index in [9.17, 15) is 28.0 Å². The number of amides is 4. The monoisotopic (exact) mass is 383 g/mol. The van der Waals surface area contributed by atoms with E-state index < -0.39 is 59.8 Å². The van der Waals surface area contributed by atoms with Gasteiger partial charge in [-0.25, -0.2) is 13.6 Å². The summed E-state index contributed by atoms with van der Waals surface area (Å²) in [5, 5.41) is 4.61. The second kappa shape index (κ2) is 8.11. The van der Waals surface area contributed by atoms with E-state index in [1.54, 1.807) is 13.8 Å². The van der Waals surface area contributed by atoms with Gasteiger partial charge in [-0.15, -0.1) is 0 Å². The molecule has 0 saturated carbocycles. The van der Waals surface area contributed by atoms with Crippen LogP contribution in [0, 0.1) is 11.6 Å². The molecule has 0 atom stereocenters. The van der Waals surface area contributed by atoms with Gasteiger partial charge in [0.15, 0.2) is 6.61 Å². The molecule has 2 N–H and O–H groups in total. The lowest BCUT2D eigenvalue weighted by Crippen LogP contribution is -2.46. The van der Waals surface area contributed by atoms with Crippen LogP contribution in [-0.4, -0.2) is 47.4 Å². The van der Waals surface area contributed by atoms with Gasteiger partial charge in [-0.1, -0.05) is 13.8 Å². The Morgan fingerprint density at radius 1 is 1.22 bits per heavy atom. The van der Waals surface area contributed by atoms with Gasteiger partial charge < -0.3 is 15.4 Å². The van der Waals surface area contributed by atoms with Crippen molar-refractivity contribution < 1.29 is 32.7 Å². The number of imide groups is 1. The summed E-state index contributed by atoms with van der Waals surface area (Å²) in [6, 6.07) is 1.78. The second-order valence-corrected chi connectivity index (χ2v) is 5.94. The number of halogens is 2. The highest BCUT2D eigenvalue weighted by atomic mass is 19.1. The first-order valence-electron chi connectivity index (χ1n) is 8.27. The number of carbonyl (C=O) groups excluding carboxylic acids is 4.